The lowest BCUT2D eigenvalue weighted by molar-refractivity contribution is 0.0944. The number of H-pyrrole nitrogens is 1. The fourth-order valence-corrected chi connectivity index (χ4v) is 2.61. The highest BCUT2D eigenvalue weighted by Crippen LogP contribution is 2.19. The molecule has 128 valence electrons. The minimum Gasteiger partial charge on any atom is -0.489 e. The Labute approximate surface area is 147 Å². The van der Waals surface area contributed by atoms with Crippen molar-refractivity contribution in [2.24, 2.45) is 0 Å². The van der Waals surface area contributed by atoms with Crippen molar-refractivity contribution >= 4 is 18.3 Å². The molecule has 1 aliphatic heterocycles. The highest BCUT2D eigenvalue weighted by Gasteiger charge is 2.21. The van der Waals surface area contributed by atoms with Crippen LogP contribution < -0.4 is 15.4 Å². The van der Waals surface area contributed by atoms with E-state index in [0.717, 1.165) is 35.5 Å². The molecule has 0 unspecified atom stereocenters. The van der Waals surface area contributed by atoms with Crippen LogP contribution in [0.5, 0.6) is 5.75 Å². The molecule has 1 aromatic carbocycles. The number of carbonyl (C=O) groups is 1. The van der Waals surface area contributed by atoms with Gasteiger partial charge in [-0.15, -0.1) is 12.4 Å². The maximum atomic E-state index is 12.4. The normalized spacial score (nSPS) is 12.7. The summed E-state index contributed by atoms with van der Waals surface area (Å²) in [5.41, 5.74) is 3.40. The molecule has 0 aliphatic carbocycles. The van der Waals surface area contributed by atoms with Crippen LogP contribution in [-0.4, -0.2) is 29.3 Å². The van der Waals surface area contributed by atoms with Crippen molar-refractivity contribution in [3.05, 3.63) is 59.4 Å². The Balaban J connectivity index is 0.00000208. The van der Waals surface area contributed by atoms with Gasteiger partial charge < -0.3 is 15.4 Å². The number of hydrogen-bond donors (Lipinski definition) is 3. The Morgan fingerprint density at radius 1 is 1.42 bits per heavy atom. The van der Waals surface area contributed by atoms with Crippen LogP contribution in [0.3, 0.4) is 0 Å². The van der Waals surface area contributed by atoms with Crippen LogP contribution in [0.15, 0.2) is 36.9 Å². The van der Waals surface area contributed by atoms with E-state index >= 15 is 0 Å². The van der Waals surface area contributed by atoms with Gasteiger partial charge in [-0.1, -0.05) is 30.9 Å². The first-order valence-corrected chi connectivity index (χ1v) is 7.66. The number of benzene rings is 1. The van der Waals surface area contributed by atoms with Gasteiger partial charge in [0.05, 0.1) is 0 Å². The standard InChI is InChI=1S/C17H20N4O2.ClH/c1-2-9-23-15-6-4-3-5-12(15)10-19-17(22)16-13-11-18-8-7-14(13)20-21-16;/h2-6,18H,1,7-11H2,(H,19,22)(H,20,21);1H. The molecule has 1 aliphatic rings. The molecule has 0 saturated carbocycles. The monoisotopic (exact) mass is 348 g/mol. The van der Waals surface area contributed by atoms with Crippen LogP contribution in [0, 0.1) is 0 Å². The molecule has 7 heteroatoms. The number of amides is 1. The van der Waals surface area contributed by atoms with E-state index in [1.807, 2.05) is 24.3 Å². The predicted octanol–water partition coefficient (Wildman–Crippen LogP) is 1.97. The molecule has 0 radical (unpaired) electrons. The van der Waals surface area contributed by atoms with Crippen molar-refractivity contribution in [3.8, 4) is 5.75 Å². The molecule has 3 rings (SSSR count). The third kappa shape index (κ3) is 3.96. The predicted molar refractivity (Wildman–Crippen MR) is 94.6 cm³/mol. The molecule has 24 heavy (non-hydrogen) atoms. The van der Waals surface area contributed by atoms with Crippen LogP contribution in [0.1, 0.15) is 27.3 Å². The van der Waals surface area contributed by atoms with E-state index in [0.29, 0.717) is 25.4 Å². The Hall–Kier alpha value is -2.31. The molecular formula is C17H21ClN4O2. The van der Waals surface area contributed by atoms with Crippen molar-refractivity contribution in [1.29, 1.82) is 0 Å². The molecule has 2 heterocycles. The van der Waals surface area contributed by atoms with E-state index < -0.39 is 0 Å². The Kier molecular flexibility index (Phi) is 6.40. The Morgan fingerprint density at radius 2 is 2.25 bits per heavy atom. The molecule has 1 aromatic heterocycles. The third-order valence-electron chi connectivity index (χ3n) is 3.79. The van der Waals surface area contributed by atoms with Crippen LogP contribution in [0.25, 0.3) is 0 Å². The number of ether oxygens (including phenoxy) is 1. The average molecular weight is 349 g/mol. The second-order valence-electron chi connectivity index (χ2n) is 5.35. The lowest BCUT2D eigenvalue weighted by Crippen LogP contribution is -2.28. The van der Waals surface area contributed by atoms with Crippen molar-refractivity contribution in [2.75, 3.05) is 13.2 Å². The number of fused-ring (bicyclic) bond motifs is 1. The number of aromatic amines is 1. The lowest BCUT2D eigenvalue weighted by atomic mass is 10.1. The van der Waals surface area contributed by atoms with Gasteiger partial charge in [0, 0.05) is 42.9 Å². The smallest absolute Gasteiger partial charge is 0.272 e. The summed E-state index contributed by atoms with van der Waals surface area (Å²) in [6.45, 7) is 6.05. The van der Waals surface area contributed by atoms with E-state index in [1.54, 1.807) is 6.08 Å². The number of para-hydroxylation sites is 1. The fraction of sp³-hybridized carbons (Fsp3) is 0.294. The Morgan fingerprint density at radius 3 is 3.08 bits per heavy atom. The van der Waals surface area contributed by atoms with Gasteiger partial charge in [-0.3, -0.25) is 9.89 Å². The lowest BCUT2D eigenvalue weighted by Gasteiger charge is -2.13. The quantitative estimate of drug-likeness (QED) is 0.697. The summed E-state index contributed by atoms with van der Waals surface area (Å²) in [6, 6.07) is 7.63. The summed E-state index contributed by atoms with van der Waals surface area (Å²) in [5.74, 6) is 0.572. The molecule has 0 spiro atoms. The van der Waals surface area contributed by atoms with Gasteiger partial charge in [0.2, 0.25) is 0 Å². The van der Waals surface area contributed by atoms with E-state index in [1.165, 1.54) is 0 Å². The number of hydrogen-bond acceptors (Lipinski definition) is 4. The first kappa shape index (κ1) is 18.0. The minimum atomic E-state index is -0.176. The molecule has 3 N–H and O–H groups in total. The maximum Gasteiger partial charge on any atom is 0.272 e. The van der Waals surface area contributed by atoms with Crippen molar-refractivity contribution in [2.45, 2.75) is 19.5 Å². The summed E-state index contributed by atoms with van der Waals surface area (Å²) in [7, 11) is 0. The molecule has 0 fully saturated rings. The van der Waals surface area contributed by atoms with E-state index in [9.17, 15) is 4.79 Å². The van der Waals surface area contributed by atoms with Crippen LogP contribution in [0.2, 0.25) is 0 Å². The number of carbonyl (C=O) groups excluding carboxylic acids is 1. The molecular weight excluding hydrogens is 328 g/mol. The summed E-state index contributed by atoms with van der Waals surface area (Å²) >= 11 is 0. The zero-order valence-corrected chi connectivity index (χ0v) is 14.1. The van der Waals surface area contributed by atoms with Gasteiger partial charge >= 0.3 is 0 Å². The van der Waals surface area contributed by atoms with Crippen molar-refractivity contribution in [3.63, 3.8) is 0 Å². The fourth-order valence-electron chi connectivity index (χ4n) is 2.61. The molecule has 1 amide bonds. The SMILES string of the molecule is C=CCOc1ccccc1CNC(=O)c1n[nH]c2c1CNCC2.Cl. The number of halogens is 1. The van der Waals surface area contributed by atoms with Gasteiger partial charge in [-0.05, 0) is 6.07 Å². The molecule has 0 saturated heterocycles. The summed E-state index contributed by atoms with van der Waals surface area (Å²) in [5, 5.41) is 13.3. The van der Waals surface area contributed by atoms with Crippen LogP contribution >= 0.6 is 12.4 Å². The van der Waals surface area contributed by atoms with Gasteiger partial charge in [-0.2, -0.15) is 5.10 Å². The zero-order chi connectivity index (χ0) is 16.1. The highest BCUT2D eigenvalue weighted by molar-refractivity contribution is 5.94. The first-order chi connectivity index (χ1) is 11.3. The summed E-state index contributed by atoms with van der Waals surface area (Å²) < 4.78 is 5.60. The number of rotatable bonds is 6. The Bertz CT molecular complexity index is 714. The molecule has 0 atom stereocenters. The largest absolute Gasteiger partial charge is 0.489 e. The average Bonchev–Trinajstić information content (AvgIpc) is 3.02. The molecule has 2 aromatic rings. The zero-order valence-electron chi connectivity index (χ0n) is 13.3. The van der Waals surface area contributed by atoms with Crippen molar-refractivity contribution in [1.82, 2.24) is 20.8 Å². The summed E-state index contributed by atoms with van der Waals surface area (Å²) in [6.07, 6.45) is 2.56. The molecule has 0 bridgehead atoms. The third-order valence-corrected chi connectivity index (χ3v) is 3.79. The second kappa shape index (κ2) is 8.52. The molecule has 6 nitrogen and oxygen atoms in total. The van der Waals surface area contributed by atoms with Crippen molar-refractivity contribution < 1.29 is 9.53 Å². The number of nitrogens with zero attached hydrogens (tertiary/aromatic N) is 1. The van der Waals surface area contributed by atoms with E-state index in [2.05, 4.69) is 27.4 Å². The summed E-state index contributed by atoms with van der Waals surface area (Å²) in [4.78, 5) is 12.4. The van der Waals surface area contributed by atoms with E-state index in [-0.39, 0.29) is 18.3 Å². The second-order valence-corrected chi connectivity index (χ2v) is 5.35. The van der Waals surface area contributed by atoms with Gasteiger partial charge in [0.25, 0.3) is 5.91 Å². The van der Waals surface area contributed by atoms with E-state index in [4.69, 9.17) is 4.74 Å². The minimum absolute atomic E-state index is 0. The van der Waals surface area contributed by atoms with Crippen LogP contribution in [0.4, 0.5) is 0 Å². The number of nitrogens with one attached hydrogen (secondary N) is 3. The van der Waals surface area contributed by atoms with Gasteiger partial charge in [0.1, 0.15) is 12.4 Å². The van der Waals surface area contributed by atoms with Crippen LogP contribution in [-0.2, 0) is 19.5 Å². The highest BCUT2D eigenvalue weighted by atomic mass is 35.5. The van der Waals surface area contributed by atoms with Gasteiger partial charge in [-0.25, -0.2) is 0 Å². The first-order valence-electron chi connectivity index (χ1n) is 7.66. The number of aromatic nitrogens is 2. The topological polar surface area (TPSA) is 79.0 Å². The van der Waals surface area contributed by atoms with Gasteiger partial charge in [0.15, 0.2) is 5.69 Å². The maximum absolute atomic E-state index is 12.4.